The lowest BCUT2D eigenvalue weighted by Gasteiger charge is -2.58. The van der Waals surface area contributed by atoms with Crippen molar-refractivity contribution in [1.82, 2.24) is 0 Å². The Morgan fingerprint density at radius 1 is 1.29 bits per heavy atom. The van der Waals surface area contributed by atoms with E-state index in [-0.39, 0.29) is 17.8 Å². The van der Waals surface area contributed by atoms with Gasteiger partial charge in [-0.15, -0.1) is 5.92 Å². The third-order valence-corrected chi connectivity index (χ3v) is 9.15. The van der Waals surface area contributed by atoms with Gasteiger partial charge < -0.3 is 15.4 Å². The minimum Gasteiger partial charge on any atom is -0.481 e. The summed E-state index contributed by atoms with van der Waals surface area (Å²) in [4.78, 5) is 11.1. The molecule has 0 radical (unpaired) electrons. The zero-order chi connectivity index (χ0) is 22.4. The van der Waals surface area contributed by atoms with Crippen molar-refractivity contribution >= 4 is 11.7 Å². The summed E-state index contributed by atoms with van der Waals surface area (Å²) in [6.45, 7) is 8.28. The third-order valence-electron chi connectivity index (χ3n) is 9.15. The van der Waals surface area contributed by atoms with Crippen LogP contribution in [0.1, 0.15) is 71.6 Å². The fraction of sp³-hybridized carbons (Fsp3) is 0.692. The fourth-order valence-electron chi connectivity index (χ4n) is 7.78. The van der Waals surface area contributed by atoms with Gasteiger partial charge in [0.2, 0.25) is 0 Å². The molecule has 4 rings (SSSR count). The number of rotatable bonds is 4. The Balaban J connectivity index is 1.68. The Bertz CT molecular complexity index is 893. The van der Waals surface area contributed by atoms with Gasteiger partial charge in [0.25, 0.3) is 0 Å². The molecular weight excluding hydrogens is 390 g/mol. The Morgan fingerprint density at radius 2 is 2.06 bits per heavy atom. The number of oxime groups is 1. The van der Waals surface area contributed by atoms with E-state index in [1.54, 1.807) is 0 Å². The van der Waals surface area contributed by atoms with Crippen LogP contribution in [-0.2, 0) is 4.79 Å². The minimum absolute atomic E-state index is 0.0110. The molecule has 0 bridgehead atoms. The second-order valence-electron chi connectivity index (χ2n) is 10.4. The number of allylic oxidation sites excluding steroid dienone is 2. The molecule has 0 amide bonds. The van der Waals surface area contributed by atoms with Crippen LogP contribution in [0.5, 0.6) is 0 Å². The molecule has 0 saturated heterocycles. The lowest BCUT2D eigenvalue weighted by atomic mass is 9.47. The highest BCUT2D eigenvalue weighted by atomic mass is 16.4. The zero-order valence-electron chi connectivity index (χ0n) is 18.7. The summed E-state index contributed by atoms with van der Waals surface area (Å²) in [6, 6.07) is 0. The van der Waals surface area contributed by atoms with E-state index in [4.69, 9.17) is 5.11 Å². The average Bonchev–Trinajstić information content (AvgIpc) is 3.03. The molecule has 0 unspecified atom stereocenters. The largest absolute Gasteiger partial charge is 0.481 e. The Hall–Kier alpha value is -2.06. The van der Waals surface area contributed by atoms with E-state index in [0.29, 0.717) is 42.1 Å². The quantitative estimate of drug-likeness (QED) is 0.261. The van der Waals surface area contributed by atoms with Crippen LogP contribution in [0.3, 0.4) is 0 Å². The second kappa shape index (κ2) is 8.13. The summed E-state index contributed by atoms with van der Waals surface area (Å²) in [7, 11) is 0. The molecule has 3 fully saturated rings. The molecule has 3 N–H and O–H groups in total. The van der Waals surface area contributed by atoms with E-state index in [1.807, 2.05) is 6.92 Å². The van der Waals surface area contributed by atoms with Gasteiger partial charge in [-0.3, -0.25) is 4.79 Å². The first-order chi connectivity index (χ1) is 14.7. The van der Waals surface area contributed by atoms with Gasteiger partial charge in [-0.05, 0) is 93.6 Å². The van der Waals surface area contributed by atoms with Gasteiger partial charge in [0, 0.05) is 17.8 Å². The molecule has 168 valence electrons. The summed E-state index contributed by atoms with van der Waals surface area (Å²) in [5.74, 6) is 7.88. The first-order valence-electron chi connectivity index (χ1n) is 11.7. The van der Waals surface area contributed by atoms with E-state index in [2.05, 4.69) is 36.6 Å². The zero-order valence-corrected chi connectivity index (χ0v) is 18.7. The molecule has 5 nitrogen and oxygen atoms in total. The monoisotopic (exact) mass is 425 g/mol. The number of hydrogen-bond donors (Lipinski definition) is 3. The maximum atomic E-state index is 11.9. The summed E-state index contributed by atoms with van der Waals surface area (Å²) in [5.41, 5.74) is 1.52. The van der Waals surface area contributed by atoms with Gasteiger partial charge in [0.1, 0.15) is 0 Å². The highest BCUT2D eigenvalue weighted by Crippen LogP contribution is 2.67. The smallest absolute Gasteiger partial charge is 0.303 e. The Morgan fingerprint density at radius 3 is 2.74 bits per heavy atom. The molecular formula is C26H35NO4. The minimum atomic E-state index is -1.02. The van der Waals surface area contributed by atoms with Crippen LogP contribution in [0, 0.1) is 46.8 Å². The molecule has 31 heavy (non-hydrogen) atoms. The maximum absolute atomic E-state index is 11.9. The van der Waals surface area contributed by atoms with Crippen molar-refractivity contribution in [2.24, 2.45) is 40.2 Å². The number of hydrogen-bond acceptors (Lipinski definition) is 4. The molecule has 0 heterocycles. The molecule has 0 aliphatic heterocycles. The number of carboxylic acid groups (broad SMARTS) is 1. The highest BCUT2D eigenvalue weighted by molar-refractivity contribution is 5.96. The Kier molecular flexibility index (Phi) is 5.81. The van der Waals surface area contributed by atoms with Crippen LogP contribution < -0.4 is 0 Å². The lowest BCUT2D eigenvalue weighted by molar-refractivity contribution is -0.137. The molecule has 0 aromatic heterocycles. The van der Waals surface area contributed by atoms with Crippen LogP contribution in [0.2, 0.25) is 0 Å². The van der Waals surface area contributed by atoms with Gasteiger partial charge in [0.05, 0.1) is 11.3 Å². The summed E-state index contributed by atoms with van der Waals surface area (Å²) >= 11 is 0. The Labute approximate surface area is 185 Å². The molecule has 0 spiro atoms. The average molecular weight is 426 g/mol. The predicted molar refractivity (Wildman–Crippen MR) is 120 cm³/mol. The molecule has 7 atom stereocenters. The van der Waals surface area contributed by atoms with Crippen LogP contribution in [0.4, 0.5) is 0 Å². The second-order valence-corrected chi connectivity index (χ2v) is 10.4. The lowest BCUT2D eigenvalue weighted by Crippen LogP contribution is -2.56. The van der Waals surface area contributed by atoms with E-state index < -0.39 is 11.6 Å². The van der Waals surface area contributed by atoms with Crippen molar-refractivity contribution in [3.8, 4) is 11.8 Å². The SMILES string of the molecule is C=C(CCC(=O)O)[C@]1(O)CC[C@H]2[C@@H]3CCC4=C/C(=N\O)CC[C@@H]4[C@H]3[C@@H](C#CC)C[C@@]21C. The number of aliphatic hydroxyl groups is 1. The van der Waals surface area contributed by atoms with Crippen LogP contribution >= 0.6 is 0 Å². The van der Waals surface area contributed by atoms with Crippen LogP contribution in [-0.4, -0.2) is 32.7 Å². The van der Waals surface area contributed by atoms with Crippen LogP contribution in [0.25, 0.3) is 0 Å². The number of carbonyl (C=O) groups is 1. The maximum Gasteiger partial charge on any atom is 0.303 e. The molecule has 5 heteroatoms. The molecule has 0 aromatic rings. The van der Waals surface area contributed by atoms with Gasteiger partial charge in [-0.2, -0.15) is 0 Å². The number of nitrogens with zero attached hydrogens (tertiary/aromatic N) is 1. The van der Waals surface area contributed by atoms with Crippen LogP contribution in [0.15, 0.2) is 29.0 Å². The van der Waals surface area contributed by atoms with E-state index in [1.165, 1.54) is 5.57 Å². The van der Waals surface area contributed by atoms with Gasteiger partial charge in [0.15, 0.2) is 0 Å². The normalized spacial score (nSPS) is 42.5. The molecule has 0 aromatic carbocycles. The highest BCUT2D eigenvalue weighted by Gasteiger charge is 2.65. The topological polar surface area (TPSA) is 90.1 Å². The molecule has 3 saturated carbocycles. The predicted octanol–water partition coefficient (Wildman–Crippen LogP) is 4.79. The van der Waals surface area contributed by atoms with Gasteiger partial charge in [-0.1, -0.05) is 30.2 Å². The van der Waals surface area contributed by atoms with Crippen molar-refractivity contribution in [2.45, 2.75) is 77.2 Å². The standard InChI is InChI=1S/C26H35NO4/c1-4-5-18-15-25(3)22(12-13-26(25,30)16(2)6-11-23(28)29)21-9-7-17-14-19(27-31)8-10-20(17)24(18)21/h14,18,20-22,24,30-31H,2,6-13,15H2,1,3H3,(H,28,29)/b27-19-/t18-,20-,21-,22-,24+,25-,26+/m0/s1. The summed E-state index contributed by atoms with van der Waals surface area (Å²) in [5, 5.41) is 33.7. The number of aliphatic carboxylic acids is 1. The summed E-state index contributed by atoms with van der Waals surface area (Å²) < 4.78 is 0. The van der Waals surface area contributed by atoms with Gasteiger partial charge >= 0.3 is 5.97 Å². The van der Waals surface area contributed by atoms with Gasteiger partial charge in [-0.25, -0.2) is 0 Å². The fourth-order valence-corrected chi connectivity index (χ4v) is 7.78. The van der Waals surface area contributed by atoms with E-state index in [9.17, 15) is 15.1 Å². The number of carboxylic acids is 1. The van der Waals surface area contributed by atoms with Crippen molar-refractivity contribution in [1.29, 1.82) is 0 Å². The molecule has 4 aliphatic carbocycles. The summed E-state index contributed by atoms with van der Waals surface area (Å²) in [6.07, 6.45) is 8.79. The van der Waals surface area contributed by atoms with E-state index in [0.717, 1.165) is 44.2 Å². The van der Waals surface area contributed by atoms with E-state index >= 15 is 0 Å². The first-order valence-corrected chi connectivity index (χ1v) is 11.7. The van der Waals surface area contributed by atoms with Crippen molar-refractivity contribution in [2.75, 3.05) is 0 Å². The number of fused-ring (bicyclic) bond motifs is 5. The van der Waals surface area contributed by atoms with Crippen molar-refractivity contribution in [3.05, 3.63) is 23.8 Å². The van der Waals surface area contributed by atoms with Crippen molar-refractivity contribution in [3.63, 3.8) is 0 Å². The first kappa shape index (κ1) is 22.1. The van der Waals surface area contributed by atoms with Crippen molar-refractivity contribution < 1.29 is 20.2 Å². The third kappa shape index (κ3) is 3.44. The molecule has 4 aliphatic rings.